The molecule has 3 heteroatoms. The maximum Gasteiger partial charge on any atom is 0.128 e. The monoisotopic (exact) mass is 201 g/mol. The van der Waals surface area contributed by atoms with Gasteiger partial charge in [0, 0.05) is 16.6 Å². The molecule has 1 rings (SSSR count). The van der Waals surface area contributed by atoms with Gasteiger partial charge < -0.3 is 5.32 Å². The van der Waals surface area contributed by atoms with Gasteiger partial charge in [0.2, 0.25) is 0 Å². The van der Waals surface area contributed by atoms with E-state index in [2.05, 4.69) is 5.32 Å². The average Bonchev–Trinajstić information content (AvgIpc) is 2.09. The molecule has 72 valence electrons. The van der Waals surface area contributed by atoms with E-state index in [9.17, 15) is 4.39 Å². The topological polar surface area (TPSA) is 12.0 Å². The van der Waals surface area contributed by atoms with E-state index in [-0.39, 0.29) is 11.9 Å². The van der Waals surface area contributed by atoms with Crippen LogP contribution in [0.3, 0.4) is 0 Å². The number of halogens is 2. The molecule has 1 unspecified atom stereocenters. The minimum atomic E-state index is -0.210. The first kappa shape index (κ1) is 10.5. The van der Waals surface area contributed by atoms with Crippen LogP contribution in [-0.4, -0.2) is 6.54 Å². The average molecular weight is 202 g/mol. The van der Waals surface area contributed by atoms with Crippen LogP contribution in [-0.2, 0) is 0 Å². The molecule has 1 aromatic rings. The van der Waals surface area contributed by atoms with Crippen molar-refractivity contribution in [3.63, 3.8) is 0 Å². The molecule has 1 atom stereocenters. The maximum absolute atomic E-state index is 13.2. The van der Waals surface area contributed by atoms with E-state index in [1.807, 2.05) is 13.8 Å². The predicted molar refractivity (Wildman–Crippen MR) is 53.5 cm³/mol. The molecule has 0 aliphatic carbocycles. The first-order chi connectivity index (χ1) is 6.15. The summed E-state index contributed by atoms with van der Waals surface area (Å²) < 4.78 is 13.2. The lowest BCUT2D eigenvalue weighted by molar-refractivity contribution is 0.541. The van der Waals surface area contributed by atoms with E-state index >= 15 is 0 Å². The fourth-order valence-electron chi connectivity index (χ4n) is 1.26. The molecular formula is C10H13ClFN. The molecule has 0 bridgehead atoms. The van der Waals surface area contributed by atoms with Crippen molar-refractivity contribution < 1.29 is 4.39 Å². The van der Waals surface area contributed by atoms with Crippen molar-refractivity contribution in [3.05, 3.63) is 34.6 Å². The highest BCUT2D eigenvalue weighted by Gasteiger charge is 2.09. The zero-order valence-corrected chi connectivity index (χ0v) is 8.53. The van der Waals surface area contributed by atoms with Crippen molar-refractivity contribution in [2.75, 3.05) is 6.54 Å². The molecule has 0 aliphatic heterocycles. The van der Waals surface area contributed by atoms with Crippen molar-refractivity contribution in [1.29, 1.82) is 0 Å². The molecule has 0 heterocycles. The number of hydrogen-bond donors (Lipinski definition) is 1. The van der Waals surface area contributed by atoms with Gasteiger partial charge in [-0.3, -0.25) is 0 Å². The molecule has 1 nitrogen and oxygen atoms in total. The third-order valence-electron chi connectivity index (χ3n) is 1.93. The Labute approximate surface area is 82.9 Å². The van der Waals surface area contributed by atoms with Crippen molar-refractivity contribution in [2.24, 2.45) is 0 Å². The summed E-state index contributed by atoms with van der Waals surface area (Å²) >= 11 is 5.77. The molecule has 1 N–H and O–H groups in total. The highest BCUT2D eigenvalue weighted by molar-refractivity contribution is 6.30. The molecule has 0 spiro atoms. The lowest BCUT2D eigenvalue weighted by Gasteiger charge is -2.13. The van der Waals surface area contributed by atoms with Crippen LogP contribution in [0, 0.1) is 5.82 Å². The van der Waals surface area contributed by atoms with E-state index in [4.69, 9.17) is 11.6 Å². The summed E-state index contributed by atoms with van der Waals surface area (Å²) in [6.45, 7) is 4.71. The van der Waals surface area contributed by atoms with Gasteiger partial charge in [0.15, 0.2) is 0 Å². The van der Waals surface area contributed by atoms with Crippen LogP contribution in [0.4, 0.5) is 4.39 Å². The van der Waals surface area contributed by atoms with E-state index in [0.29, 0.717) is 10.6 Å². The van der Waals surface area contributed by atoms with Gasteiger partial charge in [0.25, 0.3) is 0 Å². The Hall–Kier alpha value is -0.600. The minimum absolute atomic E-state index is 0.00343. The van der Waals surface area contributed by atoms with Crippen molar-refractivity contribution in [2.45, 2.75) is 19.9 Å². The third-order valence-corrected chi connectivity index (χ3v) is 2.17. The summed E-state index contributed by atoms with van der Waals surface area (Å²) in [6, 6.07) is 4.61. The highest BCUT2D eigenvalue weighted by Crippen LogP contribution is 2.20. The van der Waals surface area contributed by atoms with Crippen molar-refractivity contribution in [3.8, 4) is 0 Å². The Morgan fingerprint density at radius 2 is 2.23 bits per heavy atom. The van der Waals surface area contributed by atoms with Crippen molar-refractivity contribution >= 4 is 11.6 Å². The summed E-state index contributed by atoms with van der Waals surface area (Å²) in [5.74, 6) is -0.210. The number of nitrogens with one attached hydrogen (secondary N) is 1. The first-order valence-electron chi connectivity index (χ1n) is 4.33. The standard InChI is InChI=1S/C10H13ClFN/c1-3-13-7(2)9-6-8(11)4-5-10(9)12/h4-7,13H,3H2,1-2H3. The van der Waals surface area contributed by atoms with Crippen LogP contribution in [0.25, 0.3) is 0 Å². The molecule has 0 amide bonds. The summed E-state index contributed by atoms with van der Waals surface area (Å²) in [6.07, 6.45) is 0. The lowest BCUT2D eigenvalue weighted by Crippen LogP contribution is -2.18. The van der Waals surface area contributed by atoms with Crippen LogP contribution in [0.5, 0.6) is 0 Å². The van der Waals surface area contributed by atoms with Gasteiger partial charge in [-0.25, -0.2) is 4.39 Å². The maximum atomic E-state index is 13.2. The molecule has 0 aliphatic rings. The Morgan fingerprint density at radius 3 is 2.85 bits per heavy atom. The smallest absolute Gasteiger partial charge is 0.128 e. The number of rotatable bonds is 3. The summed E-state index contributed by atoms with van der Waals surface area (Å²) in [7, 11) is 0. The fourth-order valence-corrected chi connectivity index (χ4v) is 1.44. The second-order valence-corrected chi connectivity index (χ2v) is 3.38. The van der Waals surface area contributed by atoms with E-state index in [1.54, 1.807) is 12.1 Å². The van der Waals surface area contributed by atoms with Crippen molar-refractivity contribution in [1.82, 2.24) is 5.32 Å². The van der Waals surface area contributed by atoms with E-state index < -0.39 is 0 Å². The number of benzene rings is 1. The van der Waals surface area contributed by atoms with Crippen LogP contribution in [0.2, 0.25) is 5.02 Å². The Morgan fingerprint density at radius 1 is 1.54 bits per heavy atom. The second kappa shape index (κ2) is 4.58. The molecule has 0 saturated heterocycles. The minimum Gasteiger partial charge on any atom is -0.310 e. The predicted octanol–water partition coefficient (Wildman–Crippen LogP) is 3.15. The van der Waals surface area contributed by atoms with Gasteiger partial charge in [-0.2, -0.15) is 0 Å². The Balaban J connectivity index is 2.91. The van der Waals surface area contributed by atoms with E-state index in [1.165, 1.54) is 6.07 Å². The summed E-state index contributed by atoms with van der Waals surface area (Å²) in [4.78, 5) is 0. The second-order valence-electron chi connectivity index (χ2n) is 2.95. The van der Waals surface area contributed by atoms with Gasteiger partial charge in [0.1, 0.15) is 5.82 Å². The SMILES string of the molecule is CCNC(C)c1cc(Cl)ccc1F. The van der Waals surface area contributed by atoms with Gasteiger partial charge in [-0.1, -0.05) is 18.5 Å². The van der Waals surface area contributed by atoms with Gasteiger partial charge in [-0.15, -0.1) is 0 Å². The Bertz CT molecular complexity index is 288. The van der Waals surface area contributed by atoms with Crippen LogP contribution < -0.4 is 5.32 Å². The molecule has 13 heavy (non-hydrogen) atoms. The fraction of sp³-hybridized carbons (Fsp3) is 0.400. The lowest BCUT2D eigenvalue weighted by atomic mass is 10.1. The third kappa shape index (κ3) is 2.68. The van der Waals surface area contributed by atoms with Gasteiger partial charge >= 0.3 is 0 Å². The quantitative estimate of drug-likeness (QED) is 0.792. The molecule has 0 radical (unpaired) electrons. The molecular weight excluding hydrogens is 189 g/mol. The Kier molecular flexibility index (Phi) is 3.70. The van der Waals surface area contributed by atoms with Crippen LogP contribution in [0.1, 0.15) is 25.5 Å². The van der Waals surface area contributed by atoms with E-state index in [0.717, 1.165) is 6.54 Å². The number of hydrogen-bond acceptors (Lipinski definition) is 1. The zero-order valence-electron chi connectivity index (χ0n) is 7.77. The zero-order chi connectivity index (χ0) is 9.84. The molecule has 0 aromatic heterocycles. The normalized spacial score (nSPS) is 12.9. The van der Waals surface area contributed by atoms with Gasteiger partial charge in [-0.05, 0) is 31.7 Å². The van der Waals surface area contributed by atoms with Crippen LogP contribution in [0.15, 0.2) is 18.2 Å². The first-order valence-corrected chi connectivity index (χ1v) is 4.71. The summed E-state index contributed by atoms with van der Waals surface area (Å²) in [5, 5.41) is 3.70. The van der Waals surface area contributed by atoms with Gasteiger partial charge in [0.05, 0.1) is 0 Å². The molecule has 0 fully saturated rings. The molecule has 1 aromatic carbocycles. The molecule has 0 saturated carbocycles. The summed E-state index contributed by atoms with van der Waals surface area (Å²) in [5.41, 5.74) is 0.620. The van der Waals surface area contributed by atoms with Crippen LogP contribution >= 0.6 is 11.6 Å². The largest absolute Gasteiger partial charge is 0.310 e. The highest BCUT2D eigenvalue weighted by atomic mass is 35.5.